The Hall–Kier alpha value is -1.95. The van der Waals surface area contributed by atoms with Gasteiger partial charge < -0.3 is 10.0 Å². The maximum absolute atomic E-state index is 13.0. The molecular weight excluding hydrogens is 372 g/mol. The van der Waals surface area contributed by atoms with Gasteiger partial charge in [-0.2, -0.15) is 0 Å². The number of likely N-dealkylation sites (tertiary alicyclic amines) is 1. The van der Waals surface area contributed by atoms with Gasteiger partial charge in [-0.25, -0.2) is 9.78 Å². The van der Waals surface area contributed by atoms with Crippen molar-refractivity contribution in [3.8, 4) is 0 Å². The number of rotatable bonds is 2. The monoisotopic (exact) mass is 400 g/mol. The summed E-state index contributed by atoms with van der Waals surface area (Å²) in [6.45, 7) is 7.41. The second-order valence-electron chi connectivity index (χ2n) is 9.25. The molecule has 2 aromatic heterocycles. The number of carbonyl (C=O) groups excluding carboxylic acids is 1. The normalized spacial score (nSPS) is 22.9. The second kappa shape index (κ2) is 7.14. The van der Waals surface area contributed by atoms with E-state index in [2.05, 4.69) is 26.8 Å². The average molecular weight is 401 g/mol. The predicted molar refractivity (Wildman–Crippen MR) is 111 cm³/mol. The van der Waals surface area contributed by atoms with E-state index in [4.69, 9.17) is 4.98 Å². The van der Waals surface area contributed by atoms with Crippen LogP contribution < -0.4 is 0 Å². The number of carboxylic acid groups (broad SMARTS) is 1. The lowest BCUT2D eigenvalue weighted by Crippen LogP contribution is -2.47. The first kappa shape index (κ1) is 19.4. The zero-order valence-corrected chi connectivity index (χ0v) is 17.6. The minimum Gasteiger partial charge on any atom is -0.480 e. The van der Waals surface area contributed by atoms with Crippen molar-refractivity contribution < 1.29 is 14.7 Å². The molecule has 1 saturated heterocycles. The Morgan fingerprint density at radius 2 is 2.00 bits per heavy atom. The summed E-state index contributed by atoms with van der Waals surface area (Å²) in [5.74, 6) is -0.430. The van der Waals surface area contributed by atoms with Crippen LogP contribution in [-0.4, -0.2) is 39.5 Å². The smallest absolute Gasteiger partial charge is 0.326 e. The molecule has 1 N–H and O–H groups in total. The summed E-state index contributed by atoms with van der Waals surface area (Å²) < 4.78 is 0. The number of thiophene rings is 1. The second-order valence-corrected chi connectivity index (χ2v) is 10.3. The fourth-order valence-electron chi connectivity index (χ4n) is 4.54. The Balaban J connectivity index is 1.63. The van der Waals surface area contributed by atoms with Crippen LogP contribution in [0.4, 0.5) is 0 Å². The van der Waals surface area contributed by atoms with Crippen LogP contribution in [0, 0.1) is 11.3 Å². The molecule has 4 rings (SSSR count). The summed E-state index contributed by atoms with van der Waals surface area (Å²) in [6, 6.07) is 3.40. The molecule has 0 spiro atoms. The van der Waals surface area contributed by atoms with Crippen LogP contribution in [-0.2, 0) is 17.6 Å². The largest absolute Gasteiger partial charge is 0.480 e. The molecule has 1 fully saturated rings. The highest BCUT2D eigenvalue weighted by molar-refractivity contribution is 7.20. The minimum atomic E-state index is -0.907. The van der Waals surface area contributed by atoms with Crippen molar-refractivity contribution in [2.24, 2.45) is 11.3 Å². The lowest BCUT2D eigenvalue weighted by Gasteiger charge is -2.34. The number of fused-ring (bicyclic) bond motifs is 2. The fraction of sp³-hybridized carbons (Fsp3) is 0.591. The Labute approximate surface area is 169 Å². The van der Waals surface area contributed by atoms with E-state index >= 15 is 0 Å². The highest BCUT2D eigenvalue weighted by Crippen LogP contribution is 2.38. The summed E-state index contributed by atoms with van der Waals surface area (Å²) in [5, 5.41) is 10.5. The third kappa shape index (κ3) is 3.54. The molecule has 1 amide bonds. The van der Waals surface area contributed by atoms with E-state index in [0.717, 1.165) is 48.0 Å². The van der Waals surface area contributed by atoms with E-state index < -0.39 is 12.0 Å². The molecular formula is C22H28N2O3S. The van der Waals surface area contributed by atoms with Crippen LogP contribution in [0.5, 0.6) is 0 Å². The lowest BCUT2D eigenvalue weighted by molar-refractivity contribution is -0.143. The molecule has 6 heteroatoms. The molecule has 2 atom stereocenters. The molecule has 1 aliphatic heterocycles. The van der Waals surface area contributed by atoms with Crippen LogP contribution in [0.1, 0.15) is 67.4 Å². The molecule has 0 saturated carbocycles. The van der Waals surface area contributed by atoms with E-state index in [-0.39, 0.29) is 11.3 Å². The number of aliphatic carboxylic acids is 1. The standard InChI is InChI=1S/C22H28N2O3S/c1-22(2,3)15-7-8-16-13(11-15)10-14-12-18(28-19(14)23-16)20(25)24-9-5-4-6-17(24)21(26)27/h10,12,15,17H,4-9,11H2,1-3H3,(H,26,27)/t15?,17-/m1/s1. The van der Waals surface area contributed by atoms with Crippen LogP contribution in [0.2, 0.25) is 0 Å². The molecule has 0 bridgehead atoms. The first-order chi connectivity index (χ1) is 13.2. The first-order valence-electron chi connectivity index (χ1n) is 10.2. The number of aromatic nitrogens is 1. The zero-order chi connectivity index (χ0) is 20.1. The van der Waals surface area contributed by atoms with Gasteiger partial charge in [0.15, 0.2) is 0 Å². The summed E-state index contributed by atoms with van der Waals surface area (Å²) in [4.78, 5) is 32.5. The number of aryl methyl sites for hydroxylation is 1. The molecule has 28 heavy (non-hydrogen) atoms. The van der Waals surface area contributed by atoms with Crippen molar-refractivity contribution >= 4 is 33.4 Å². The van der Waals surface area contributed by atoms with Crippen molar-refractivity contribution in [2.45, 2.75) is 65.3 Å². The predicted octanol–water partition coefficient (Wildman–Crippen LogP) is 4.53. The minimum absolute atomic E-state index is 0.166. The number of pyridine rings is 1. The van der Waals surface area contributed by atoms with Crippen LogP contribution in [0.3, 0.4) is 0 Å². The van der Waals surface area contributed by atoms with Crippen LogP contribution >= 0.6 is 11.3 Å². The highest BCUT2D eigenvalue weighted by atomic mass is 32.1. The van der Waals surface area contributed by atoms with Crippen LogP contribution in [0.15, 0.2) is 12.1 Å². The number of carbonyl (C=O) groups is 2. The van der Waals surface area contributed by atoms with Crippen molar-refractivity contribution in [3.63, 3.8) is 0 Å². The van der Waals surface area contributed by atoms with E-state index in [9.17, 15) is 14.7 Å². The number of hydrogen-bond acceptors (Lipinski definition) is 4. The molecule has 0 radical (unpaired) electrons. The van der Waals surface area contributed by atoms with Crippen molar-refractivity contribution in [1.82, 2.24) is 9.88 Å². The van der Waals surface area contributed by atoms with Gasteiger partial charge in [-0.15, -0.1) is 11.3 Å². The molecule has 0 aromatic carbocycles. The molecule has 5 nitrogen and oxygen atoms in total. The SMILES string of the molecule is CC(C)(C)C1CCc2nc3sc(C(=O)N4CCCC[C@@H]4C(=O)O)cc3cc2C1. The van der Waals surface area contributed by atoms with Crippen LogP contribution in [0.25, 0.3) is 10.2 Å². The molecule has 2 aliphatic rings. The van der Waals surface area contributed by atoms with Crippen molar-refractivity contribution in [2.75, 3.05) is 6.54 Å². The van der Waals surface area contributed by atoms with Gasteiger partial charge in [0.2, 0.25) is 0 Å². The first-order valence-corrected chi connectivity index (χ1v) is 11.0. The Bertz CT molecular complexity index is 928. The van der Waals surface area contributed by atoms with Gasteiger partial charge in [0, 0.05) is 17.6 Å². The zero-order valence-electron chi connectivity index (χ0n) is 16.8. The van der Waals surface area contributed by atoms with Gasteiger partial charge in [0.05, 0.1) is 4.88 Å². The fourth-order valence-corrected chi connectivity index (χ4v) is 5.53. The molecule has 1 unspecified atom stereocenters. The summed E-state index contributed by atoms with van der Waals surface area (Å²) in [7, 11) is 0. The maximum atomic E-state index is 13.0. The van der Waals surface area contributed by atoms with Gasteiger partial charge in [-0.3, -0.25) is 4.79 Å². The summed E-state index contributed by atoms with van der Waals surface area (Å²) in [5.41, 5.74) is 2.75. The molecule has 1 aliphatic carbocycles. The molecule has 3 heterocycles. The topological polar surface area (TPSA) is 70.5 Å². The summed E-state index contributed by atoms with van der Waals surface area (Å²) >= 11 is 1.40. The summed E-state index contributed by atoms with van der Waals surface area (Å²) in [6.07, 6.45) is 5.43. The van der Waals surface area contributed by atoms with Gasteiger partial charge in [-0.1, -0.05) is 20.8 Å². The molecule has 2 aromatic rings. The van der Waals surface area contributed by atoms with E-state index in [1.54, 1.807) is 0 Å². The number of piperidine rings is 1. The number of amides is 1. The Kier molecular flexibility index (Phi) is 4.94. The van der Waals surface area contributed by atoms with Gasteiger partial charge in [0.1, 0.15) is 10.9 Å². The third-order valence-electron chi connectivity index (χ3n) is 6.36. The lowest BCUT2D eigenvalue weighted by atomic mass is 9.71. The number of carboxylic acids is 1. The van der Waals surface area contributed by atoms with E-state index in [1.807, 2.05) is 6.07 Å². The maximum Gasteiger partial charge on any atom is 0.326 e. The number of hydrogen-bond donors (Lipinski definition) is 1. The van der Waals surface area contributed by atoms with E-state index in [0.29, 0.717) is 23.8 Å². The van der Waals surface area contributed by atoms with E-state index in [1.165, 1.54) is 21.8 Å². The highest BCUT2D eigenvalue weighted by Gasteiger charge is 2.34. The Morgan fingerprint density at radius 1 is 1.21 bits per heavy atom. The number of nitrogens with zero attached hydrogens (tertiary/aromatic N) is 2. The molecule has 150 valence electrons. The average Bonchev–Trinajstić information content (AvgIpc) is 3.07. The van der Waals surface area contributed by atoms with Crippen molar-refractivity contribution in [1.29, 1.82) is 0 Å². The van der Waals surface area contributed by atoms with Gasteiger partial charge in [-0.05, 0) is 67.6 Å². The quantitative estimate of drug-likeness (QED) is 0.804. The van der Waals surface area contributed by atoms with Gasteiger partial charge >= 0.3 is 5.97 Å². The van der Waals surface area contributed by atoms with Gasteiger partial charge in [0.25, 0.3) is 5.91 Å². The van der Waals surface area contributed by atoms with Crippen molar-refractivity contribution in [3.05, 3.63) is 28.3 Å². The third-order valence-corrected chi connectivity index (χ3v) is 7.39. The Morgan fingerprint density at radius 3 is 2.71 bits per heavy atom.